The molecular weight excluding hydrogens is 330 g/mol. The number of hydrogen-bond acceptors (Lipinski definition) is 0. The van der Waals surface area contributed by atoms with Crippen LogP contribution in [0.1, 0.15) is 33.4 Å². The van der Waals surface area contributed by atoms with Gasteiger partial charge in [0.25, 0.3) is 0 Å². The second-order valence-electron chi connectivity index (χ2n) is 4.10. The molecule has 102 valence electrons. The smallest absolute Gasteiger partial charge is 0.0123 e. The minimum atomic E-state index is 1.06. The molecule has 0 aliphatic carbocycles. The van der Waals surface area contributed by atoms with Gasteiger partial charge in [0.05, 0.1) is 0 Å². The zero-order valence-electron chi connectivity index (χ0n) is 10.7. The van der Waals surface area contributed by atoms with Gasteiger partial charge in [-0.2, -0.15) is 0 Å². The van der Waals surface area contributed by atoms with Gasteiger partial charge < -0.3 is 0 Å². The van der Waals surface area contributed by atoms with Crippen LogP contribution in [0.15, 0.2) is 0 Å². The van der Waals surface area contributed by atoms with Crippen molar-refractivity contribution in [2.24, 2.45) is 0 Å². The maximum absolute atomic E-state index is 2.90. The van der Waals surface area contributed by atoms with Gasteiger partial charge in [0.15, 0.2) is 0 Å². The zero-order chi connectivity index (χ0) is 13.7. The fourth-order valence-corrected chi connectivity index (χ4v) is 5.53. The van der Waals surface area contributed by atoms with Crippen molar-refractivity contribution in [2.45, 2.75) is 37.0 Å². The monoisotopic (exact) mass is 354 g/mol. The Morgan fingerprint density at radius 2 is 0.444 bits per heavy atom. The van der Waals surface area contributed by atoms with E-state index in [1.54, 1.807) is 33.4 Å². The second kappa shape index (κ2) is 8.95. The van der Waals surface area contributed by atoms with Crippen LogP contribution in [0.3, 0.4) is 0 Å². The van der Waals surface area contributed by atoms with E-state index in [9.17, 15) is 0 Å². The van der Waals surface area contributed by atoms with Crippen LogP contribution in [-0.4, -0.2) is 0 Å². The van der Waals surface area contributed by atoms with E-state index < -0.39 is 0 Å². The molecule has 0 amide bonds. The van der Waals surface area contributed by atoms with Crippen LogP contribution >= 0.6 is 55.4 Å². The first-order chi connectivity index (χ1) is 8.69. The van der Waals surface area contributed by atoms with Crippen LogP contribution in [0, 0.1) is 0 Å². The van der Waals surface area contributed by atoms with E-state index in [0.29, 0.717) is 0 Å². The van der Waals surface area contributed by atoms with Crippen LogP contribution in [0.5, 0.6) is 0 Å². The molecule has 0 spiro atoms. The Morgan fingerprint density at radius 1 is 0.333 bits per heavy atom. The molecule has 0 aromatic heterocycles. The normalized spacial score (nSPS) is 11.0. The second-order valence-corrected chi connectivity index (χ2v) is 6.55. The van der Waals surface area contributed by atoms with Crippen LogP contribution in [0.25, 0.3) is 0 Å². The van der Waals surface area contributed by atoms with Gasteiger partial charge in [-0.25, -0.2) is 0 Å². The Hall–Kier alpha value is 1.80. The first-order valence-corrected chi connectivity index (χ1v) is 11.0. The number of rotatable bonds is 6. The predicted molar refractivity (Wildman–Crippen MR) is 107 cm³/mol. The van der Waals surface area contributed by atoms with Gasteiger partial charge >= 0.3 is 0 Å². The highest BCUT2D eigenvalue weighted by atomic mass is 31.0. The summed E-state index contributed by atoms with van der Waals surface area (Å²) in [6.07, 6.45) is 6.33. The molecule has 0 aliphatic rings. The molecular formula is C12H24P6. The van der Waals surface area contributed by atoms with Gasteiger partial charge in [0, 0.05) is 0 Å². The molecule has 1 aromatic rings. The first-order valence-electron chi connectivity index (χ1n) is 6.07. The van der Waals surface area contributed by atoms with E-state index >= 15 is 0 Å². The lowest BCUT2D eigenvalue weighted by Gasteiger charge is -2.24. The lowest BCUT2D eigenvalue weighted by atomic mass is 9.90. The lowest BCUT2D eigenvalue weighted by molar-refractivity contribution is 1.07. The van der Waals surface area contributed by atoms with E-state index in [1.165, 1.54) is 0 Å². The van der Waals surface area contributed by atoms with Crippen molar-refractivity contribution in [3.05, 3.63) is 33.4 Å². The largest absolute Gasteiger partial charge is 0.133 e. The molecule has 6 heteroatoms. The van der Waals surface area contributed by atoms with Crippen molar-refractivity contribution in [1.82, 2.24) is 0 Å². The van der Waals surface area contributed by atoms with Crippen molar-refractivity contribution >= 4 is 55.4 Å². The Kier molecular flexibility index (Phi) is 8.87. The Bertz CT molecular complexity index is 295. The molecule has 6 atom stereocenters. The summed E-state index contributed by atoms with van der Waals surface area (Å²) in [6, 6.07) is 0. The summed E-state index contributed by atoms with van der Waals surface area (Å²) in [7, 11) is 17.4. The van der Waals surface area contributed by atoms with E-state index in [2.05, 4.69) is 55.4 Å². The Balaban J connectivity index is 3.71. The van der Waals surface area contributed by atoms with Crippen molar-refractivity contribution in [2.75, 3.05) is 0 Å². The van der Waals surface area contributed by atoms with Crippen LogP contribution in [-0.2, 0) is 37.0 Å². The topological polar surface area (TPSA) is 0 Å². The average Bonchev–Trinajstić information content (AvgIpc) is 2.43. The predicted octanol–water partition coefficient (Wildman–Crippen LogP) is 3.94. The molecule has 0 N–H and O–H groups in total. The summed E-state index contributed by atoms with van der Waals surface area (Å²) in [4.78, 5) is 0. The highest BCUT2D eigenvalue weighted by Crippen LogP contribution is 2.36. The molecule has 0 saturated carbocycles. The van der Waals surface area contributed by atoms with E-state index in [4.69, 9.17) is 0 Å². The molecule has 0 heterocycles. The standard InChI is InChI=1S/C12H24P6/c13-1-7-8(2-14)10(4-16)12(6-18)11(5-17)9(7)3-15/h1-6,13-18H2. The van der Waals surface area contributed by atoms with Crippen molar-refractivity contribution < 1.29 is 0 Å². The Labute approximate surface area is 126 Å². The van der Waals surface area contributed by atoms with Crippen LogP contribution < -0.4 is 0 Å². The third-order valence-corrected chi connectivity index (χ3v) is 5.86. The van der Waals surface area contributed by atoms with Gasteiger partial charge in [-0.3, -0.25) is 0 Å². The highest BCUT2D eigenvalue weighted by molar-refractivity contribution is 7.17. The highest BCUT2D eigenvalue weighted by Gasteiger charge is 2.18. The molecule has 1 aromatic carbocycles. The van der Waals surface area contributed by atoms with Gasteiger partial charge in [0.1, 0.15) is 0 Å². The summed E-state index contributed by atoms with van der Waals surface area (Å²) in [5, 5.41) is 0. The van der Waals surface area contributed by atoms with Gasteiger partial charge in [0.2, 0.25) is 0 Å². The molecule has 0 bridgehead atoms. The fourth-order valence-electron chi connectivity index (χ4n) is 2.57. The summed E-state index contributed by atoms with van der Waals surface area (Å²) in [5.41, 5.74) is 9.26. The molecule has 1 rings (SSSR count). The first kappa shape index (κ1) is 17.9. The summed E-state index contributed by atoms with van der Waals surface area (Å²) >= 11 is 0. The van der Waals surface area contributed by atoms with E-state index in [0.717, 1.165) is 37.0 Å². The molecule has 0 nitrogen and oxygen atoms in total. The van der Waals surface area contributed by atoms with E-state index in [-0.39, 0.29) is 0 Å². The van der Waals surface area contributed by atoms with Crippen molar-refractivity contribution in [3.8, 4) is 0 Å². The van der Waals surface area contributed by atoms with Crippen LogP contribution in [0.4, 0.5) is 0 Å². The van der Waals surface area contributed by atoms with Crippen molar-refractivity contribution in [1.29, 1.82) is 0 Å². The number of benzene rings is 1. The fraction of sp³-hybridized carbons (Fsp3) is 0.500. The van der Waals surface area contributed by atoms with E-state index in [1.807, 2.05) is 0 Å². The zero-order valence-corrected chi connectivity index (χ0v) is 17.6. The molecule has 18 heavy (non-hydrogen) atoms. The SMILES string of the molecule is PCc1c(CP)c(CP)c(CP)c(CP)c1CP. The number of hydrogen-bond donors (Lipinski definition) is 0. The average molecular weight is 354 g/mol. The molecule has 0 saturated heterocycles. The lowest BCUT2D eigenvalue weighted by Crippen LogP contribution is -2.09. The van der Waals surface area contributed by atoms with Gasteiger partial charge in [-0.15, -0.1) is 55.4 Å². The minimum absolute atomic E-state index is 1.06. The Morgan fingerprint density at radius 3 is 0.500 bits per heavy atom. The summed E-state index contributed by atoms with van der Waals surface area (Å²) in [6.45, 7) is 0. The molecule has 0 radical (unpaired) electrons. The third-order valence-electron chi connectivity index (χ3n) is 3.41. The maximum Gasteiger partial charge on any atom is -0.0123 e. The van der Waals surface area contributed by atoms with Crippen molar-refractivity contribution in [3.63, 3.8) is 0 Å². The quantitative estimate of drug-likeness (QED) is 0.679. The third kappa shape index (κ3) is 3.52. The molecule has 0 fully saturated rings. The van der Waals surface area contributed by atoms with Gasteiger partial charge in [-0.05, 0) is 70.4 Å². The van der Waals surface area contributed by atoms with Gasteiger partial charge in [-0.1, -0.05) is 0 Å². The maximum atomic E-state index is 2.90. The van der Waals surface area contributed by atoms with Crippen LogP contribution in [0.2, 0.25) is 0 Å². The minimum Gasteiger partial charge on any atom is -0.133 e. The summed E-state index contributed by atoms with van der Waals surface area (Å²) < 4.78 is 0. The molecule has 0 aliphatic heterocycles. The summed E-state index contributed by atoms with van der Waals surface area (Å²) in [5.74, 6) is 0. The molecule has 6 unspecified atom stereocenters.